The van der Waals surface area contributed by atoms with E-state index in [-0.39, 0.29) is 5.75 Å². The van der Waals surface area contributed by atoms with E-state index in [9.17, 15) is 9.90 Å². The third kappa shape index (κ3) is 5.30. The van der Waals surface area contributed by atoms with Crippen LogP contribution in [-0.4, -0.2) is 36.1 Å². The molecule has 0 aliphatic rings. The van der Waals surface area contributed by atoms with Crippen LogP contribution in [-0.2, 0) is 11.2 Å². The Labute approximate surface area is 115 Å². The maximum Gasteiger partial charge on any atom is 0.211 e. The summed E-state index contributed by atoms with van der Waals surface area (Å²) in [4.78, 5) is 12.9. The Balaban J connectivity index is 2.60. The average molecular weight is 264 g/mol. The minimum atomic E-state index is 0.106. The second kappa shape index (κ2) is 8.53. The van der Waals surface area contributed by atoms with Crippen molar-refractivity contribution in [3.63, 3.8) is 0 Å². The monoisotopic (exact) mass is 264 g/mol. The molecular formula is C15H24N2O2. The number of nitrogens with zero attached hydrogens (tertiary/aromatic N) is 1. The largest absolute Gasteiger partial charge is 0.506 e. The minimum absolute atomic E-state index is 0.106. The number of amides is 1. The number of carbonyl (C=O) groups excluding carboxylic acids is 1. The van der Waals surface area contributed by atoms with Gasteiger partial charge < -0.3 is 15.3 Å². The molecule has 0 fully saturated rings. The molecule has 106 valence electrons. The van der Waals surface area contributed by atoms with Crippen molar-refractivity contribution < 1.29 is 9.90 Å². The molecule has 19 heavy (non-hydrogen) atoms. The van der Waals surface area contributed by atoms with E-state index in [1.165, 1.54) is 0 Å². The Morgan fingerprint density at radius 1 is 1.21 bits per heavy atom. The molecule has 2 N–H and O–H groups in total. The smallest absolute Gasteiger partial charge is 0.211 e. The first-order valence-corrected chi connectivity index (χ1v) is 6.95. The van der Waals surface area contributed by atoms with Crippen molar-refractivity contribution in [1.29, 1.82) is 0 Å². The number of rotatable bonds is 9. The van der Waals surface area contributed by atoms with E-state index >= 15 is 0 Å². The lowest BCUT2D eigenvalue weighted by Crippen LogP contribution is -2.27. The summed E-state index contributed by atoms with van der Waals surface area (Å²) in [5, 5.41) is 12.1. The van der Waals surface area contributed by atoms with Gasteiger partial charge in [0.2, 0.25) is 6.41 Å². The summed E-state index contributed by atoms with van der Waals surface area (Å²) >= 11 is 0. The SMILES string of the molecule is CCCN(CCC)CCc1ccc(O)c(NC=O)c1. The third-order valence-electron chi connectivity index (χ3n) is 3.07. The van der Waals surface area contributed by atoms with Gasteiger partial charge >= 0.3 is 0 Å². The Bertz CT molecular complexity index is 388. The fraction of sp³-hybridized carbons (Fsp3) is 0.533. The van der Waals surface area contributed by atoms with E-state index in [1.54, 1.807) is 6.07 Å². The van der Waals surface area contributed by atoms with E-state index in [4.69, 9.17) is 0 Å². The van der Waals surface area contributed by atoms with Crippen molar-refractivity contribution in [3.8, 4) is 5.75 Å². The number of aromatic hydroxyl groups is 1. The van der Waals surface area contributed by atoms with Gasteiger partial charge in [-0.25, -0.2) is 0 Å². The molecule has 1 rings (SSSR count). The fourth-order valence-electron chi connectivity index (χ4n) is 2.17. The third-order valence-corrected chi connectivity index (χ3v) is 3.07. The molecule has 1 aromatic carbocycles. The van der Waals surface area contributed by atoms with Crippen molar-refractivity contribution in [1.82, 2.24) is 4.90 Å². The van der Waals surface area contributed by atoms with Crippen LogP contribution >= 0.6 is 0 Å². The molecule has 0 radical (unpaired) electrons. The Hall–Kier alpha value is -1.55. The van der Waals surface area contributed by atoms with E-state index in [2.05, 4.69) is 24.1 Å². The number of anilines is 1. The molecule has 0 aromatic heterocycles. The second-order valence-corrected chi connectivity index (χ2v) is 4.71. The number of phenolic OH excluding ortho intramolecular Hbond substituents is 1. The van der Waals surface area contributed by atoms with E-state index in [1.807, 2.05) is 12.1 Å². The normalized spacial score (nSPS) is 10.7. The topological polar surface area (TPSA) is 52.6 Å². The van der Waals surface area contributed by atoms with E-state index < -0.39 is 0 Å². The quantitative estimate of drug-likeness (QED) is 0.532. The van der Waals surface area contributed by atoms with E-state index in [0.29, 0.717) is 12.1 Å². The van der Waals surface area contributed by atoms with Crippen LogP contribution < -0.4 is 5.32 Å². The Morgan fingerprint density at radius 2 is 1.89 bits per heavy atom. The van der Waals surface area contributed by atoms with Gasteiger partial charge in [0.25, 0.3) is 0 Å². The summed E-state index contributed by atoms with van der Waals surface area (Å²) in [6, 6.07) is 5.37. The lowest BCUT2D eigenvalue weighted by Gasteiger charge is -2.21. The van der Waals surface area contributed by atoms with Gasteiger partial charge in [0.15, 0.2) is 0 Å². The van der Waals surface area contributed by atoms with Gasteiger partial charge in [-0.2, -0.15) is 0 Å². The van der Waals surface area contributed by atoms with Gasteiger partial charge in [-0.1, -0.05) is 19.9 Å². The van der Waals surface area contributed by atoms with Gasteiger partial charge in [-0.15, -0.1) is 0 Å². The highest BCUT2D eigenvalue weighted by atomic mass is 16.3. The van der Waals surface area contributed by atoms with E-state index in [0.717, 1.165) is 44.5 Å². The highest BCUT2D eigenvalue weighted by Gasteiger charge is 2.05. The van der Waals surface area contributed by atoms with Gasteiger partial charge in [0.1, 0.15) is 5.75 Å². The van der Waals surface area contributed by atoms with Crippen molar-refractivity contribution in [3.05, 3.63) is 23.8 Å². The zero-order chi connectivity index (χ0) is 14.1. The summed E-state index contributed by atoms with van der Waals surface area (Å²) < 4.78 is 0. The van der Waals surface area contributed by atoms with Crippen LogP contribution in [0.15, 0.2) is 18.2 Å². The zero-order valence-electron chi connectivity index (χ0n) is 11.9. The Kier molecular flexibility index (Phi) is 6.97. The Morgan fingerprint density at radius 3 is 2.47 bits per heavy atom. The maximum atomic E-state index is 10.4. The number of benzene rings is 1. The molecule has 0 aliphatic heterocycles. The number of hydrogen-bond acceptors (Lipinski definition) is 3. The predicted octanol–water partition coefficient (Wildman–Crippen LogP) is 2.62. The molecule has 0 bridgehead atoms. The summed E-state index contributed by atoms with van der Waals surface area (Å²) in [6.07, 6.45) is 3.83. The maximum absolute atomic E-state index is 10.4. The number of hydrogen-bond donors (Lipinski definition) is 2. The van der Waals surface area contributed by atoms with Gasteiger partial charge in [0.05, 0.1) is 5.69 Å². The number of phenols is 1. The van der Waals surface area contributed by atoms with Crippen molar-refractivity contribution >= 4 is 12.1 Å². The molecule has 0 saturated heterocycles. The lowest BCUT2D eigenvalue weighted by atomic mass is 10.1. The molecule has 4 nitrogen and oxygen atoms in total. The minimum Gasteiger partial charge on any atom is -0.506 e. The van der Waals surface area contributed by atoms with Crippen LogP contribution in [0.5, 0.6) is 5.75 Å². The highest BCUT2D eigenvalue weighted by molar-refractivity contribution is 5.75. The predicted molar refractivity (Wildman–Crippen MR) is 78.5 cm³/mol. The van der Waals surface area contributed by atoms with Gasteiger partial charge in [0, 0.05) is 6.54 Å². The van der Waals surface area contributed by atoms with Crippen molar-refractivity contribution in [2.45, 2.75) is 33.1 Å². The lowest BCUT2D eigenvalue weighted by molar-refractivity contribution is -0.105. The molecule has 4 heteroatoms. The standard InChI is InChI=1S/C15H24N2O2/c1-3-8-17(9-4-2)10-7-13-5-6-15(19)14(11-13)16-12-18/h5-6,11-12,19H,3-4,7-10H2,1-2H3,(H,16,18). The van der Waals surface area contributed by atoms with Crippen LogP contribution in [0, 0.1) is 0 Å². The van der Waals surface area contributed by atoms with Crippen LogP contribution in [0.3, 0.4) is 0 Å². The molecule has 0 unspecified atom stereocenters. The van der Waals surface area contributed by atoms with Crippen molar-refractivity contribution in [2.75, 3.05) is 25.0 Å². The molecule has 1 amide bonds. The molecule has 0 spiro atoms. The van der Waals surface area contributed by atoms with Crippen LogP contribution in [0.1, 0.15) is 32.3 Å². The second-order valence-electron chi connectivity index (χ2n) is 4.71. The van der Waals surface area contributed by atoms with Gasteiger partial charge in [-0.05, 0) is 50.0 Å². The number of nitrogens with one attached hydrogen (secondary N) is 1. The molecule has 0 heterocycles. The first kappa shape index (κ1) is 15.5. The first-order valence-electron chi connectivity index (χ1n) is 6.95. The molecular weight excluding hydrogens is 240 g/mol. The summed E-state index contributed by atoms with van der Waals surface area (Å²) in [5.41, 5.74) is 1.60. The molecule has 0 aliphatic carbocycles. The van der Waals surface area contributed by atoms with Crippen LogP contribution in [0.25, 0.3) is 0 Å². The molecule has 1 aromatic rings. The van der Waals surface area contributed by atoms with Crippen LogP contribution in [0.4, 0.5) is 5.69 Å². The summed E-state index contributed by atoms with van der Waals surface area (Å²) in [7, 11) is 0. The van der Waals surface area contributed by atoms with Gasteiger partial charge in [-0.3, -0.25) is 4.79 Å². The number of carbonyl (C=O) groups is 1. The van der Waals surface area contributed by atoms with Crippen LogP contribution in [0.2, 0.25) is 0 Å². The first-order chi connectivity index (χ1) is 9.21. The molecule has 0 atom stereocenters. The van der Waals surface area contributed by atoms with Crippen molar-refractivity contribution in [2.24, 2.45) is 0 Å². The zero-order valence-corrected chi connectivity index (χ0v) is 11.9. The average Bonchev–Trinajstić information content (AvgIpc) is 2.40. The molecule has 0 saturated carbocycles. The fourth-order valence-corrected chi connectivity index (χ4v) is 2.17. The summed E-state index contributed by atoms with van der Waals surface area (Å²) in [6.45, 7) is 7.62. The summed E-state index contributed by atoms with van der Waals surface area (Å²) in [5.74, 6) is 0.106. The highest BCUT2D eigenvalue weighted by Crippen LogP contribution is 2.23.